The maximum atomic E-state index is 11.2. The molecule has 0 N–H and O–H groups in total. The lowest BCUT2D eigenvalue weighted by Gasteiger charge is -2.32. The molecule has 1 fully saturated rings. The minimum atomic E-state index is 0.0249. The first-order valence-corrected chi connectivity index (χ1v) is 6.38. The van der Waals surface area contributed by atoms with Crippen LogP contribution >= 0.6 is 0 Å². The Bertz CT molecular complexity index is 380. The van der Waals surface area contributed by atoms with Crippen LogP contribution < -0.4 is 4.90 Å². The van der Waals surface area contributed by atoms with E-state index < -0.39 is 0 Å². The second kappa shape index (κ2) is 5.30. The van der Waals surface area contributed by atoms with E-state index >= 15 is 0 Å². The molecule has 17 heavy (non-hydrogen) atoms. The Morgan fingerprint density at radius 3 is 2.53 bits per heavy atom. The molecule has 2 rings (SSSR count). The number of ketones is 1. The Morgan fingerprint density at radius 1 is 1.29 bits per heavy atom. The number of Topliss-reactive ketones (excluding diaryl/α,β-unsaturated/α-hetero) is 1. The van der Waals surface area contributed by atoms with E-state index in [2.05, 4.69) is 16.9 Å². The van der Waals surface area contributed by atoms with Gasteiger partial charge in [-0.15, -0.1) is 0 Å². The van der Waals surface area contributed by atoms with Crippen LogP contribution in [0.15, 0.2) is 18.3 Å². The predicted molar refractivity (Wildman–Crippen MR) is 69.5 cm³/mol. The Morgan fingerprint density at radius 2 is 2.00 bits per heavy atom. The van der Waals surface area contributed by atoms with Crippen LogP contribution in [0.4, 0.5) is 5.69 Å². The Hall–Kier alpha value is -1.38. The first-order chi connectivity index (χ1) is 8.18. The van der Waals surface area contributed by atoms with Crippen LogP contribution in [0.2, 0.25) is 0 Å². The molecule has 1 aromatic heterocycles. The summed E-state index contributed by atoms with van der Waals surface area (Å²) >= 11 is 0. The lowest BCUT2D eigenvalue weighted by atomic mass is 9.94. The molecule has 1 aliphatic carbocycles. The van der Waals surface area contributed by atoms with E-state index in [1.807, 2.05) is 18.3 Å². The fraction of sp³-hybridized carbons (Fsp3) is 0.571. The van der Waals surface area contributed by atoms with Gasteiger partial charge < -0.3 is 4.90 Å². The molecule has 3 nitrogen and oxygen atoms in total. The molecule has 0 atom stereocenters. The third kappa shape index (κ3) is 2.84. The SMILES string of the molecule is CC(=O)c1ccc(N(C)C2CCCCC2)cn1. The standard InChI is InChI=1S/C14H20N2O/c1-11(17)14-9-8-13(10-15-14)16(2)12-6-4-3-5-7-12/h8-10,12H,3-7H2,1-2H3. The topological polar surface area (TPSA) is 33.2 Å². The summed E-state index contributed by atoms with van der Waals surface area (Å²) in [5, 5.41) is 0. The van der Waals surface area contributed by atoms with Crippen LogP contribution in [0.3, 0.4) is 0 Å². The van der Waals surface area contributed by atoms with Gasteiger partial charge in [-0.2, -0.15) is 0 Å². The highest BCUT2D eigenvalue weighted by Crippen LogP contribution is 2.25. The van der Waals surface area contributed by atoms with Crippen molar-refractivity contribution in [1.29, 1.82) is 0 Å². The largest absolute Gasteiger partial charge is 0.370 e. The van der Waals surface area contributed by atoms with Crippen molar-refractivity contribution in [3.63, 3.8) is 0 Å². The Kier molecular flexibility index (Phi) is 3.77. The molecular formula is C14H20N2O. The van der Waals surface area contributed by atoms with E-state index in [-0.39, 0.29) is 5.78 Å². The maximum absolute atomic E-state index is 11.2. The van der Waals surface area contributed by atoms with Crippen LogP contribution in [-0.4, -0.2) is 23.9 Å². The van der Waals surface area contributed by atoms with Crippen molar-refractivity contribution in [1.82, 2.24) is 4.98 Å². The molecule has 1 aromatic rings. The number of aromatic nitrogens is 1. The number of anilines is 1. The number of hydrogen-bond acceptors (Lipinski definition) is 3. The van der Waals surface area contributed by atoms with Gasteiger partial charge in [0, 0.05) is 20.0 Å². The number of carbonyl (C=O) groups is 1. The molecule has 1 aliphatic rings. The lowest BCUT2D eigenvalue weighted by molar-refractivity contribution is 0.101. The molecular weight excluding hydrogens is 212 g/mol. The van der Waals surface area contributed by atoms with Crippen LogP contribution in [0.1, 0.15) is 49.5 Å². The number of rotatable bonds is 3. The van der Waals surface area contributed by atoms with Crippen molar-refractivity contribution in [2.75, 3.05) is 11.9 Å². The summed E-state index contributed by atoms with van der Waals surface area (Å²) in [6.07, 6.45) is 8.37. The summed E-state index contributed by atoms with van der Waals surface area (Å²) in [5.74, 6) is 0.0249. The van der Waals surface area contributed by atoms with E-state index in [0.29, 0.717) is 11.7 Å². The average Bonchev–Trinajstić information content (AvgIpc) is 2.39. The second-order valence-corrected chi connectivity index (χ2v) is 4.86. The van der Waals surface area contributed by atoms with Gasteiger partial charge >= 0.3 is 0 Å². The van der Waals surface area contributed by atoms with Crippen molar-refractivity contribution >= 4 is 11.5 Å². The Balaban J connectivity index is 2.07. The van der Waals surface area contributed by atoms with E-state index in [1.165, 1.54) is 32.1 Å². The summed E-state index contributed by atoms with van der Waals surface area (Å²) in [5.41, 5.74) is 1.66. The van der Waals surface area contributed by atoms with Crippen molar-refractivity contribution in [2.24, 2.45) is 0 Å². The molecule has 3 heteroatoms. The third-order valence-electron chi connectivity index (χ3n) is 3.64. The fourth-order valence-electron chi connectivity index (χ4n) is 2.48. The van der Waals surface area contributed by atoms with Crippen molar-refractivity contribution < 1.29 is 4.79 Å². The maximum Gasteiger partial charge on any atom is 0.178 e. The number of hydrogen-bond donors (Lipinski definition) is 0. The lowest BCUT2D eigenvalue weighted by Crippen LogP contribution is -2.33. The minimum Gasteiger partial charge on any atom is -0.370 e. The summed E-state index contributed by atoms with van der Waals surface area (Å²) in [7, 11) is 2.13. The second-order valence-electron chi connectivity index (χ2n) is 4.86. The highest BCUT2D eigenvalue weighted by molar-refractivity contribution is 5.92. The van der Waals surface area contributed by atoms with Crippen LogP contribution in [0, 0.1) is 0 Å². The molecule has 0 bridgehead atoms. The van der Waals surface area contributed by atoms with Gasteiger partial charge in [0.25, 0.3) is 0 Å². The van der Waals surface area contributed by atoms with E-state index in [0.717, 1.165) is 5.69 Å². The quantitative estimate of drug-likeness (QED) is 0.751. The van der Waals surface area contributed by atoms with Gasteiger partial charge in [0.2, 0.25) is 0 Å². The van der Waals surface area contributed by atoms with Crippen molar-refractivity contribution in [2.45, 2.75) is 45.1 Å². The number of nitrogens with zero attached hydrogens (tertiary/aromatic N) is 2. The summed E-state index contributed by atoms with van der Waals surface area (Å²) in [4.78, 5) is 17.7. The number of pyridine rings is 1. The minimum absolute atomic E-state index is 0.0249. The van der Waals surface area contributed by atoms with Crippen LogP contribution in [0.5, 0.6) is 0 Å². The van der Waals surface area contributed by atoms with E-state index in [9.17, 15) is 4.79 Å². The Labute approximate surface area is 103 Å². The van der Waals surface area contributed by atoms with Gasteiger partial charge in [0.05, 0.1) is 11.9 Å². The van der Waals surface area contributed by atoms with Gasteiger partial charge in [0.1, 0.15) is 5.69 Å². The summed E-state index contributed by atoms with van der Waals surface area (Å²) in [6, 6.07) is 4.45. The van der Waals surface area contributed by atoms with Gasteiger partial charge in [-0.05, 0) is 25.0 Å². The van der Waals surface area contributed by atoms with E-state index in [1.54, 1.807) is 6.92 Å². The normalized spacial score (nSPS) is 16.8. The highest BCUT2D eigenvalue weighted by Gasteiger charge is 2.18. The van der Waals surface area contributed by atoms with Gasteiger partial charge in [-0.25, -0.2) is 0 Å². The van der Waals surface area contributed by atoms with Crippen molar-refractivity contribution in [3.8, 4) is 0 Å². The number of carbonyl (C=O) groups excluding carboxylic acids is 1. The molecule has 92 valence electrons. The fourth-order valence-corrected chi connectivity index (χ4v) is 2.48. The van der Waals surface area contributed by atoms with Gasteiger partial charge in [0.15, 0.2) is 5.78 Å². The molecule has 0 amide bonds. The van der Waals surface area contributed by atoms with Gasteiger partial charge in [-0.1, -0.05) is 19.3 Å². The monoisotopic (exact) mass is 232 g/mol. The smallest absolute Gasteiger partial charge is 0.178 e. The first kappa shape index (κ1) is 12.1. The average molecular weight is 232 g/mol. The molecule has 1 saturated carbocycles. The van der Waals surface area contributed by atoms with Crippen molar-refractivity contribution in [3.05, 3.63) is 24.0 Å². The molecule has 0 aromatic carbocycles. The molecule has 0 spiro atoms. The predicted octanol–water partition coefficient (Wildman–Crippen LogP) is 3.05. The molecule has 0 saturated heterocycles. The highest BCUT2D eigenvalue weighted by atomic mass is 16.1. The zero-order chi connectivity index (χ0) is 12.3. The first-order valence-electron chi connectivity index (χ1n) is 6.38. The molecule has 1 heterocycles. The molecule has 0 radical (unpaired) electrons. The molecule has 0 aliphatic heterocycles. The summed E-state index contributed by atoms with van der Waals surface area (Å²) < 4.78 is 0. The molecule has 0 unspecified atom stereocenters. The summed E-state index contributed by atoms with van der Waals surface area (Å²) in [6.45, 7) is 1.55. The third-order valence-corrected chi connectivity index (χ3v) is 3.64. The van der Waals surface area contributed by atoms with Crippen LogP contribution in [0.25, 0.3) is 0 Å². The van der Waals surface area contributed by atoms with E-state index in [4.69, 9.17) is 0 Å². The van der Waals surface area contributed by atoms with Crippen LogP contribution in [-0.2, 0) is 0 Å². The zero-order valence-electron chi connectivity index (χ0n) is 10.6. The zero-order valence-corrected chi connectivity index (χ0v) is 10.6. The van der Waals surface area contributed by atoms with Gasteiger partial charge in [-0.3, -0.25) is 9.78 Å².